The number of amides is 2. The van der Waals surface area contributed by atoms with Gasteiger partial charge in [-0.25, -0.2) is 9.59 Å². The number of rotatable bonds is 0. The highest BCUT2D eigenvalue weighted by atomic mass is 16.5. The Hall–Kier alpha value is -2.12. The molecule has 0 N–H and O–H groups in total. The predicted molar refractivity (Wildman–Crippen MR) is 108 cm³/mol. The average molecular weight is 423 g/mol. The lowest BCUT2D eigenvalue weighted by Gasteiger charge is -2.24. The Morgan fingerprint density at radius 1 is 0.567 bits per heavy atom. The van der Waals surface area contributed by atoms with Crippen molar-refractivity contribution in [3.05, 3.63) is 0 Å². The van der Waals surface area contributed by atoms with Crippen LogP contribution in [0.5, 0.6) is 0 Å². The second-order valence-corrected chi connectivity index (χ2v) is 8.45. The molecule has 3 saturated heterocycles. The lowest BCUT2D eigenvalue weighted by molar-refractivity contribution is -0.154. The van der Waals surface area contributed by atoms with Crippen LogP contribution in [0.15, 0.2) is 0 Å². The highest BCUT2D eigenvalue weighted by molar-refractivity contribution is 5.86. The van der Waals surface area contributed by atoms with Gasteiger partial charge in [-0.1, -0.05) is 0 Å². The zero-order valence-corrected chi connectivity index (χ0v) is 17.8. The van der Waals surface area contributed by atoms with E-state index in [4.69, 9.17) is 9.47 Å². The first-order chi connectivity index (χ1) is 14.6. The van der Waals surface area contributed by atoms with Crippen LogP contribution in [0.25, 0.3) is 0 Å². The molecule has 0 bridgehead atoms. The molecule has 0 aromatic rings. The van der Waals surface area contributed by atoms with Gasteiger partial charge in [-0.15, -0.1) is 0 Å². The topological polar surface area (TPSA) is 93.2 Å². The summed E-state index contributed by atoms with van der Waals surface area (Å²) in [6.45, 7) is 1.90. The molecule has 168 valence electrons. The van der Waals surface area contributed by atoms with E-state index < -0.39 is 12.1 Å². The number of carbonyl (C=O) groups is 4. The summed E-state index contributed by atoms with van der Waals surface area (Å²) in [7, 11) is 0. The minimum Gasteiger partial charge on any atom is -0.464 e. The minimum absolute atomic E-state index is 0.0427. The van der Waals surface area contributed by atoms with E-state index in [0.717, 1.165) is 38.5 Å². The highest BCUT2D eigenvalue weighted by Gasteiger charge is 2.36. The van der Waals surface area contributed by atoms with Crippen LogP contribution in [-0.2, 0) is 28.7 Å². The second-order valence-electron chi connectivity index (χ2n) is 8.45. The highest BCUT2D eigenvalue weighted by Crippen LogP contribution is 2.23. The number of esters is 2. The largest absolute Gasteiger partial charge is 0.464 e. The van der Waals surface area contributed by atoms with Crippen molar-refractivity contribution in [2.45, 2.75) is 89.1 Å². The molecule has 3 aliphatic heterocycles. The molecule has 0 radical (unpaired) electrons. The maximum atomic E-state index is 12.6. The summed E-state index contributed by atoms with van der Waals surface area (Å²) in [5, 5.41) is 0. The third-order valence-corrected chi connectivity index (χ3v) is 6.25. The molecule has 0 spiro atoms. The normalized spacial score (nSPS) is 28.5. The van der Waals surface area contributed by atoms with Gasteiger partial charge in [0.1, 0.15) is 12.1 Å². The van der Waals surface area contributed by atoms with Crippen molar-refractivity contribution in [2.75, 3.05) is 26.3 Å². The maximum Gasteiger partial charge on any atom is 0.328 e. The molecular formula is C22H34N2O6. The number of ether oxygens (including phenoxy) is 2. The van der Waals surface area contributed by atoms with Gasteiger partial charge in [-0.3, -0.25) is 9.59 Å². The quantitative estimate of drug-likeness (QED) is 0.556. The fourth-order valence-corrected chi connectivity index (χ4v) is 4.56. The number of fused-ring (bicyclic) bond motifs is 2. The second kappa shape index (κ2) is 11.3. The first kappa shape index (κ1) is 22.6. The first-order valence-electron chi connectivity index (χ1n) is 11.5. The minimum atomic E-state index is -0.463. The van der Waals surface area contributed by atoms with Gasteiger partial charge in [-0.05, 0) is 64.2 Å². The third-order valence-electron chi connectivity index (χ3n) is 6.25. The molecule has 30 heavy (non-hydrogen) atoms. The number of hydrogen-bond donors (Lipinski definition) is 0. The average Bonchev–Trinajstić information content (AvgIpc) is 3.41. The Morgan fingerprint density at radius 3 is 1.43 bits per heavy atom. The molecular weight excluding hydrogens is 388 g/mol. The summed E-state index contributed by atoms with van der Waals surface area (Å²) in [5.41, 5.74) is 0. The van der Waals surface area contributed by atoms with Crippen LogP contribution in [0.2, 0.25) is 0 Å². The van der Waals surface area contributed by atoms with Crippen molar-refractivity contribution < 1.29 is 28.7 Å². The lowest BCUT2D eigenvalue weighted by Crippen LogP contribution is -2.42. The summed E-state index contributed by atoms with van der Waals surface area (Å²) >= 11 is 0. The van der Waals surface area contributed by atoms with E-state index in [9.17, 15) is 19.2 Å². The van der Waals surface area contributed by atoms with Crippen molar-refractivity contribution in [3.8, 4) is 0 Å². The van der Waals surface area contributed by atoms with Gasteiger partial charge in [0.05, 0.1) is 13.2 Å². The van der Waals surface area contributed by atoms with Gasteiger partial charge in [-0.2, -0.15) is 0 Å². The van der Waals surface area contributed by atoms with E-state index in [0.29, 0.717) is 64.8 Å². The number of hydrogen-bond acceptors (Lipinski definition) is 6. The van der Waals surface area contributed by atoms with Crippen molar-refractivity contribution in [2.24, 2.45) is 0 Å². The Labute approximate surface area is 178 Å². The summed E-state index contributed by atoms with van der Waals surface area (Å²) in [6.07, 6.45) is 8.04. The van der Waals surface area contributed by atoms with Gasteiger partial charge in [0.15, 0.2) is 0 Å². The molecule has 0 aliphatic carbocycles. The van der Waals surface area contributed by atoms with Crippen molar-refractivity contribution in [1.82, 2.24) is 9.80 Å². The summed E-state index contributed by atoms with van der Waals surface area (Å²) in [4.78, 5) is 53.2. The lowest BCUT2D eigenvalue weighted by atomic mass is 10.1. The van der Waals surface area contributed by atoms with Crippen LogP contribution >= 0.6 is 0 Å². The standard InChI is InChI=1S/C22H34N2O6/c25-19-11-3-4-12-20(26)24-14-8-10-18(24)22(28)30-16-6-2-1-5-15-29-21(27)17-9-7-13-23(17)19/h17-18H,1-16H2/t17-,18-/m1/s1. The SMILES string of the molecule is O=C1OCCCCCCOC(=O)[C@H]2CCCN2C(=O)CCCCC(=O)N2CCC[C@H]12. The van der Waals surface area contributed by atoms with Crippen LogP contribution in [0, 0.1) is 0 Å². The molecule has 0 aromatic carbocycles. The van der Waals surface area contributed by atoms with Gasteiger partial charge < -0.3 is 19.3 Å². The molecule has 3 fully saturated rings. The molecule has 3 rings (SSSR count). The third kappa shape index (κ3) is 5.95. The molecule has 0 aromatic heterocycles. The fraction of sp³-hybridized carbons (Fsp3) is 0.818. The van der Waals surface area contributed by atoms with Crippen LogP contribution in [-0.4, -0.2) is 71.9 Å². The monoisotopic (exact) mass is 422 g/mol. The Kier molecular flexibility index (Phi) is 8.51. The molecule has 2 atom stereocenters. The van der Waals surface area contributed by atoms with Crippen LogP contribution in [0.3, 0.4) is 0 Å². The molecule has 0 saturated carbocycles. The Bertz CT molecular complexity index is 583. The maximum absolute atomic E-state index is 12.6. The van der Waals surface area contributed by atoms with Crippen LogP contribution in [0.4, 0.5) is 0 Å². The predicted octanol–water partition coefficient (Wildman–Crippen LogP) is 2.19. The summed E-state index contributed by atoms with van der Waals surface area (Å²) in [5.74, 6) is -0.697. The van der Waals surface area contributed by atoms with Crippen molar-refractivity contribution >= 4 is 23.8 Å². The molecule has 2 amide bonds. The summed E-state index contributed by atoms with van der Waals surface area (Å²) in [6, 6.07) is -0.927. The Morgan fingerprint density at radius 2 is 1.00 bits per heavy atom. The molecule has 0 unspecified atom stereocenters. The summed E-state index contributed by atoms with van der Waals surface area (Å²) < 4.78 is 10.8. The van der Waals surface area contributed by atoms with Gasteiger partial charge >= 0.3 is 11.9 Å². The number of nitrogens with zero attached hydrogens (tertiary/aromatic N) is 2. The Balaban J connectivity index is 1.57. The van der Waals surface area contributed by atoms with E-state index in [1.54, 1.807) is 9.80 Å². The smallest absolute Gasteiger partial charge is 0.328 e. The zero-order chi connectivity index (χ0) is 21.3. The molecule has 3 heterocycles. The van der Waals surface area contributed by atoms with E-state index in [1.165, 1.54) is 0 Å². The molecule has 3 aliphatic rings. The number of cyclic esters (lactones) is 2. The van der Waals surface area contributed by atoms with Crippen molar-refractivity contribution in [1.29, 1.82) is 0 Å². The van der Waals surface area contributed by atoms with Gasteiger partial charge in [0, 0.05) is 25.9 Å². The van der Waals surface area contributed by atoms with Crippen LogP contribution in [0.1, 0.15) is 77.0 Å². The van der Waals surface area contributed by atoms with Crippen LogP contribution < -0.4 is 0 Å². The van der Waals surface area contributed by atoms with Gasteiger partial charge in [0.2, 0.25) is 11.8 Å². The fourth-order valence-electron chi connectivity index (χ4n) is 4.56. The van der Waals surface area contributed by atoms with Gasteiger partial charge in [0.25, 0.3) is 0 Å². The van der Waals surface area contributed by atoms with Crippen molar-refractivity contribution in [3.63, 3.8) is 0 Å². The zero-order valence-electron chi connectivity index (χ0n) is 17.8. The van der Waals surface area contributed by atoms with E-state index in [1.807, 2.05) is 0 Å². The van der Waals surface area contributed by atoms with E-state index in [2.05, 4.69) is 0 Å². The number of carbonyl (C=O) groups excluding carboxylic acids is 4. The van der Waals surface area contributed by atoms with E-state index >= 15 is 0 Å². The molecule has 8 nitrogen and oxygen atoms in total. The molecule has 8 heteroatoms. The first-order valence-corrected chi connectivity index (χ1v) is 11.5. The van der Waals surface area contributed by atoms with E-state index in [-0.39, 0.29) is 23.8 Å².